The minimum Gasteiger partial charge on any atom is -0.371 e. The number of rotatable bonds is 1. The van der Waals surface area contributed by atoms with Gasteiger partial charge in [-0.25, -0.2) is 0 Å². The molecule has 0 bridgehead atoms. The third-order valence-corrected chi connectivity index (χ3v) is 2.56. The van der Waals surface area contributed by atoms with E-state index in [1.54, 1.807) is 17.7 Å². The Morgan fingerprint density at radius 3 is 2.62 bits per heavy atom. The number of aromatic nitrogens is 1. The number of aryl methyl sites for hydroxylation is 1. The fourth-order valence-electron chi connectivity index (χ4n) is 1.71. The summed E-state index contributed by atoms with van der Waals surface area (Å²) in [6, 6.07) is 3.72. The number of hydrogen-bond donors (Lipinski definition) is 0. The lowest BCUT2D eigenvalue weighted by atomic mass is 10.3. The van der Waals surface area contributed by atoms with E-state index < -0.39 is 0 Å². The van der Waals surface area contributed by atoms with Crippen LogP contribution in [0.15, 0.2) is 23.1 Å². The molecule has 1 aliphatic heterocycles. The van der Waals surface area contributed by atoms with Gasteiger partial charge >= 0.3 is 0 Å². The second kappa shape index (κ2) is 3.24. The fraction of sp³-hybridized carbons (Fsp3) is 0.500. The summed E-state index contributed by atoms with van der Waals surface area (Å²) in [5.41, 5.74) is 1.14. The molecule has 1 fully saturated rings. The van der Waals surface area contributed by atoms with Gasteiger partial charge in [-0.1, -0.05) is 0 Å². The van der Waals surface area contributed by atoms with Gasteiger partial charge in [0.05, 0.1) is 0 Å². The van der Waals surface area contributed by atoms with Gasteiger partial charge in [0.15, 0.2) is 0 Å². The molecule has 0 amide bonds. The molecule has 0 unspecified atom stereocenters. The van der Waals surface area contributed by atoms with E-state index in [0.29, 0.717) is 0 Å². The first kappa shape index (κ1) is 8.35. The van der Waals surface area contributed by atoms with Crippen molar-refractivity contribution in [1.82, 2.24) is 4.57 Å². The molecule has 70 valence electrons. The highest BCUT2D eigenvalue weighted by Crippen LogP contribution is 2.17. The van der Waals surface area contributed by atoms with Gasteiger partial charge in [-0.3, -0.25) is 4.79 Å². The lowest BCUT2D eigenvalue weighted by molar-refractivity contribution is 0.851. The Hall–Kier alpha value is -1.25. The Morgan fingerprint density at radius 1 is 1.31 bits per heavy atom. The van der Waals surface area contributed by atoms with Gasteiger partial charge in [-0.15, -0.1) is 0 Å². The van der Waals surface area contributed by atoms with E-state index in [1.807, 2.05) is 12.3 Å². The highest BCUT2D eigenvalue weighted by atomic mass is 16.1. The van der Waals surface area contributed by atoms with Crippen molar-refractivity contribution in [2.24, 2.45) is 7.05 Å². The fourth-order valence-corrected chi connectivity index (χ4v) is 1.71. The van der Waals surface area contributed by atoms with Gasteiger partial charge in [0, 0.05) is 38.1 Å². The number of anilines is 1. The van der Waals surface area contributed by atoms with Gasteiger partial charge in [-0.2, -0.15) is 0 Å². The quantitative estimate of drug-likeness (QED) is 0.640. The van der Waals surface area contributed by atoms with Crippen LogP contribution in [0.2, 0.25) is 0 Å². The Bertz CT molecular complexity index is 350. The van der Waals surface area contributed by atoms with Crippen LogP contribution in [-0.2, 0) is 7.05 Å². The molecule has 0 N–H and O–H groups in total. The highest BCUT2D eigenvalue weighted by molar-refractivity contribution is 5.45. The maximum Gasteiger partial charge on any atom is 0.252 e. The van der Waals surface area contributed by atoms with Crippen LogP contribution in [0.3, 0.4) is 0 Å². The largest absolute Gasteiger partial charge is 0.371 e. The van der Waals surface area contributed by atoms with Crippen LogP contribution in [0.25, 0.3) is 0 Å². The third kappa shape index (κ3) is 1.59. The van der Waals surface area contributed by atoms with Crippen molar-refractivity contribution in [2.45, 2.75) is 12.8 Å². The van der Waals surface area contributed by atoms with Crippen LogP contribution < -0.4 is 10.5 Å². The van der Waals surface area contributed by atoms with E-state index in [1.165, 1.54) is 12.8 Å². The van der Waals surface area contributed by atoms with Crippen molar-refractivity contribution >= 4 is 5.69 Å². The van der Waals surface area contributed by atoms with Crippen LogP contribution in [0, 0.1) is 0 Å². The molecule has 1 aliphatic rings. The molecular weight excluding hydrogens is 164 g/mol. The SMILES string of the molecule is Cn1ccc(N2CCCC2)cc1=O. The van der Waals surface area contributed by atoms with Gasteiger partial charge in [0.2, 0.25) is 0 Å². The molecule has 13 heavy (non-hydrogen) atoms. The van der Waals surface area contributed by atoms with Gasteiger partial charge < -0.3 is 9.47 Å². The average Bonchev–Trinajstić information content (AvgIpc) is 2.62. The first-order valence-electron chi connectivity index (χ1n) is 4.69. The molecule has 1 saturated heterocycles. The number of nitrogens with zero attached hydrogens (tertiary/aromatic N) is 2. The lowest BCUT2D eigenvalue weighted by Crippen LogP contribution is -2.22. The molecule has 0 aliphatic carbocycles. The van der Waals surface area contributed by atoms with Crippen molar-refractivity contribution in [3.05, 3.63) is 28.7 Å². The standard InChI is InChI=1S/C10H14N2O/c1-11-7-4-9(8-10(11)13)12-5-2-3-6-12/h4,7-8H,2-3,5-6H2,1H3. The molecule has 0 spiro atoms. The summed E-state index contributed by atoms with van der Waals surface area (Å²) in [5.74, 6) is 0. The second-order valence-corrected chi connectivity index (χ2v) is 3.53. The van der Waals surface area contributed by atoms with Crippen molar-refractivity contribution in [3.8, 4) is 0 Å². The molecule has 3 heteroatoms. The molecule has 1 aromatic rings. The van der Waals surface area contributed by atoms with E-state index in [9.17, 15) is 4.79 Å². The van der Waals surface area contributed by atoms with Crippen molar-refractivity contribution in [3.63, 3.8) is 0 Å². The molecule has 3 nitrogen and oxygen atoms in total. The Kier molecular flexibility index (Phi) is 2.08. The molecule has 2 heterocycles. The Balaban J connectivity index is 2.30. The minimum absolute atomic E-state index is 0.0735. The third-order valence-electron chi connectivity index (χ3n) is 2.56. The van der Waals surface area contributed by atoms with Crippen LogP contribution in [0.5, 0.6) is 0 Å². The molecule has 0 aromatic carbocycles. The monoisotopic (exact) mass is 178 g/mol. The van der Waals surface area contributed by atoms with E-state index in [4.69, 9.17) is 0 Å². The summed E-state index contributed by atoms with van der Waals surface area (Å²) in [7, 11) is 1.77. The Morgan fingerprint density at radius 2 is 2.00 bits per heavy atom. The molecule has 0 saturated carbocycles. The predicted octanol–water partition coefficient (Wildman–Crippen LogP) is 0.985. The van der Waals surface area contributed by atoms with E-state index >= 15 is 0 Å². The lowest BCUT2D eigenvalue weighted by Gasteiger charge is -2.17. The summed E-state index contributed by atoms with van der Waals surface area (Å²) in [4.78, 5) is 13.6. The van der Waals surface area contributed by atoms with Crippen molar-refractivity contribution < 1.29 is 0 Å². The molecular formula is C10H14N2O. The number of hydrogen-bond acceptors (Lipinski definition) is 2. The van der Waals surface area contributed by atoms with Crippen LogP contribution >= 0.6 is 0 Å². The van der Waals surface area contributed by atoms with E-state index in [-0.39, 0.29) is 5.56 Å². The molecule has 2 rings (SSSR count). The zero-order valence-corrected chi connectivity index (χ0v) is 7.86. The summed E-state index contributed by atoms with van der Waals surface area (Å²) in [6.45, 7) is 2.18. The summed E-state index contributed by atoms with van der Waals surface area (Å²) >= 11 is 0. The van der Waals surface area contributed by atoms with Crippen LogP contribution in [0.4, 0.5) is 5.69 Å². The van der Waals surface area contributed by atoms with E-state index in [2.05, 4.69) is 4.90 Å². The first-order chi connectivity index (χ1) is 6.27. The average molecular weight is 178 g/mol. The van der Waals surface area contributed by atoms with Gasteiger partial charge in [-0.05, 0) is 18.9 Å². The molecule has 0 radical (unpaired) electrons. The maximum absolute atomic E-state index is 11.3. The van der Waals surface area contributed by atoms with Crippen molar-refractivity contribution in [1.29, 1.82) is 0 Å². The number of pyridine rings is 1. The van der Waals surface area contributed by atoms with Crippen LogP contribution in [-0.4, -0.2) is 17.7 Å². The molecule has 1 aromatic heterocycles. The Labute approximate surface area is 77.6 Å². The predicted molar refractivity (Wildman–Crippen MR) is 53.1 cm³/mol. The zero-order valence-electron chi connectivity index (χ0n) is 7.86. The topological polar surface area (TPSA) is 25.2 Å². The summed E-state index contributed by atoms with van der Waals surface area (Å²) in [6.07, 6.45) is 4.32. The van der Waals surface area contributed by atoms with E-state index in [0.717, 1.165) is 18.8 Å². The second-order valence-electron chi connectivity index (χ2n) is 3.53. The van der Waals surface area contributed by atoms with Crippen molar-refractivity contribution in [2.75, 3.05) is 18.0 Å². The summed E-state index contributed by atoms with van der Waals surface area (Å²) < 4.78 is 1.60. The smallest absolute Gasteiger partial charge is 0.252 e. The maximum atomic E-state index is 11.3. The first-order valence-corrected chi connectivity index (χ1v) is 4.69. The highest BCUT2D eigenvalue weighted by Gasteiger charge is 2.12. The normalized spacial score (nSPS) is 16.5. The summed E-state index contributed by atoms with van der Waals surface area (Å²) in [5, 5.41) is 0. The van der Waals surface area contributed by atoms with Gasteiger partial charge in [0.1, 0.15) is 0 Å². The molecule has 0 atom stereocenters. The zero-order chi connectivity index (χ0) is 9.26. The minimum atomic E-state index is 0.0735. The van der Waals surface area contributed by atoms with Gasteiger partial charge in [0.25, 0.3) is 5.56 Å². The van der Waals surface area contributed by atoms with Crippen LogP contribution in [0.1, 0.15) is 12.8 Å².